The van der Waals surface area contributed by atoms with Crippen LogP contribution < -0.4 is 21.1 Å². The van der Waals surface area contributed by atoms with Crippen molar-refractivity contribution < 1.29 is 22.0 Å². The van der Waals surface area contributed by atoms with Gasteiger partial charge >= 0.3 is 0 Å². The molecule has 0 fully saturated rings. The summed E-state index contributed by atoms with van der Waals surface area (Å²) in [5.74, 6) is -1.51. The second-order valence-corrected chi connectivity index (χ2v) is 8.83. The van der Waals surface area contributed by atoms with Crippen molar-refractivity contribution >= 4 is 38.8 Å². The van der Waals surface area contributed by atoms with Gasteiger partial charge in [-0.05, 0) is 42.0 Å². The van der Waals surface area contributed by atoms with Gasteiger partial charge in [0.05, 0.1) is 12.7 Å². The Kier molecular flexibility index (Phi) is 6.89. The van der Waals surface area contributed by atoms with Crippen LogP contribution in [0.25, 0.3) is 0 Å². The predicted molar refractivity (Wildman–Crippen MR) is 119 cm³/mol. The summed E-state index contributed by atoms with van der Waals surface area (Å²) in [4.78, 5) is 15.7. The summed E-state index contributed by atoms with van der Waals surface area (Å²) in [6.45, 7) is 0.107. The summed E-state index contributed by atoms with van der Waals surface area (Å²) in [6.07, 6.45) is 2.46. The largest absolute Gasteiger partial charge is 0.381 e. The topological polar surface area (TPSA) is 126 Å². The Morgan fingerprint density at radius 2 is 1.66 bits per heavy atom. The van der Waals surface area contributed by atoms with Gasteiger partial charge in [0.25, 0.3) is 0 Å². The number of nitrogens with one attached hydrogen (secondary N) is 3. The molecule has 0 saturated carbocycles. The molecule has 0 spiro atoms. The maximum Gasteiger partial charge on any atom is 0.229 e. The summed E-state index contributed by atoms with van der Waals surface area (Å²) in [7, 11) is -3.38. The van der Waals surface area contributed by atoms with Gasteiger partial charge in [-0.25, -0.2) is 22.2 Å². The summed E-state index contributed by atoms with van der Waals surface area (Å²) in [6, 6.07) is 11.3. The number of anilines is 4. The molecule has 0 bridgehead atoms. The highest BCUT2D eigenvalue weighted by Crippen LogP contribution is 2.24. The Hall–Kier alpha value is -3.73. The van der Waals surface area contributed by atoms with Gasteiger partial charge in [0.1, 0.15) is 17.5 Å². The minimum absolute atomic E-state index is 0.0705. The van der Waals surface area contributed by atoms with Crippen molar-refractivity contribution in [2.24, 2.45) is 5.73 Å². The van der Waals surface area contributed by atoms with Crippen molar-refractivity contribution in [1.29, 1.82) is 0 Å². The number of carbonyl (C=O) groups is 1. The van der Waals surface area contributed by atoms with Gasteiger partial charge < -0.3 is 16.4 Å². The van der Waals surface area contributed by atoms with E-state index in [4.69, 9.17) is 5.73 Å². The molecule has 1 aromatic heterocycles. The van der Waals surface area contributed by atoms with Crippen LogP contribution in [-0.4, -0.2) is 25.6 Å². The van der Waals surface area contributed by atoms with Crippen LogP contribution in [-0.2, 0) is 27.8 Å². The molecule has 32 heavy (non-hydrogen) atoms. The molecule has 1 heterocycles. The Morgan fingerprint density at radius 1 is 1.03 bits per heavy atom. The monoisotopic (exact) mass is 461 g/mol. The number of benzene rings is 2. The number of hydrogen-bond acceptors (Lipinski definition) is 6. The highest BCUT2D eigenvalue weighted by molar-refractivity contribution is 7.92. The molecule has 1 amide bonds. The number of primary amides is 1. The molecule has 0 radical (unpaired) electrons. The minimum Gasteiger partial charge on any atom is -0.381 e. The van der Waals surface area contributed by atoms with Gasteiger partial charge in [-0.3, -0.25) is 9.52 Å². The molecule has 3 aromatic rings. The molecule has 0 saturated heterocycles. The van der Waals surface area contributed by atoms with Crippen molar-refractivity contribution in [3.8, 4) is 0 Å². The normalized spacial score (nSPS) is 11.1. The van der Waals surface area contributed by atoms with Crippen molar-refractivity contribution in [2.75, 3.05) is 21.6 Å². The number of sulfonamides is 1. The summed E-state index contributed by atoms with van der Waals surface area (Å²) in [5, 5.41) is 6.12. The van der Waals surface area contributed by atoms with E-state index in [0.717, 1.165) is 12.3 Å². The van der Waals surface area contributed by atoms with Gasteiger partial charge in [0, 0.05) is 47.5 Å². The minimum atomic E-state index is -3.38. The third-order valence-electron chi connectivity index (χ3n) is 4.22. The van der Waals surface area contributed by atoms with Gasteiger partial charge in [0.15, 0.2) is 0 Å². The first kappa shape index (κ1) is 22.9. The van der Waals surface area contributed by atoms with Crippen molar-refractivity contribution in [3.63, 3.8) is 0 Å². The number of amides is 1. The molecular formula is C21H21F2N5O3S. The third-order valence-corrected chi connectivity index (χ3v) is 4.82. The molecule has 8 nitrogen and oxygen atoms in total. The zero-order valence-electron chi connectivity index (χ0n) is 17.0. The lowest BCUT2D eigenvalue weighted by Crippen LogP contribution is -2.15. The van der Waals surface area contributed by atoms with Crippen molar-refractivity contribution in [1.82, 2.24) is 4.98 Å². The van der Waals surface area contributed by atoms with E-state index < -0.39 is 27.6 Å². The lowest BCUT2D eigenvalue weighted by atomic mass is 10.1. The Balaban J connectivity index is 1.79. The zero-order chi connectivity index (χ0) is 23.3. The van der Waals surface area contributed by atoms with Crippen LogP contribution in [0, 0.1) is 11.6 Å². The second-order valence-electron chi connectivity index (χ2n) is 7.08. The average Bonchev–Trinajstić information content (AvgIpc) is 2.67. The summed E-state index contributed by atoms with van der Waals surface area (Å²) >= 11 is 0. The first-order valence-electron chi connectivity index (χ1n) is 9.38. The molecule has 0 aliphatic heterocycles. The van der Waals surface area contributed by atoms with E-state index in [0.29, 0.717) is 34.0 Å². The number of nitrogens with two attached hydrogens (primary N) is 1. The van der Waals surface area contributed by atoms with Crippen LogP contribution in [0.4, 0.5) is 31.7 Å². The average molecular weight is 461 g/mol. The second kappa shape index (κ2) is 9.60. The number of pyridine rings is 1. The number of halogens is 2. The van der Waals surface area contributed by atoms with Gasteiger partial charge in [-0.1, -0.05) is 0 Å². The first-order chi connectivity index (χ1) is 15.1. The van der Waals surface area contributed by atoms with E-state index in [1.807, 2.05) is 0 Å². The standard InChI is InChI=1S/C21H21F2N5O3S/c1-32(30,31)28-18-4-2-17(3-5-18)27-21-10-19(14(12-26-21)8-20(24)29)25-11-13-6-15(22)9-16(23)7-13/h2-7,9-10,12,28H,8,11H2,1H3,(H2,24,29)(H2,25,26,27). The fraction of sp³-hybridized carbons (Fsp3) is 0.143. The number of rotatable bonds is 9. The van der Waals surface area contributed by atoms with Crippen LogP contribution in [0.5, 0.6) is 0 Å². The molecule has 11 heteroatoms. The molecular weight excluding hydrogens is 440 g/mol. The summed E-state index contributed by atoms with van der Waals surface area (Å²) < 4.78 is 51.9. The van der Waals surface area contributed by atoms with E-state index in [2.05, 4.69) is 20.3 Å². The van der Waals surface area contributed by atoms with E-state index in [1.165, 1.54) is 18.3 Å². The zero-order valence-corrected chi connectivity index (χ0v) is 17.8. The SMILES string of the molecule is CS(=O)(=O)Nc1ccc(Nc2cc(NCc3cc(F)cc(F)c3)c(CC(N)=O)cn2)cc1. The number of carbonyl (C=O) groups excluding carboxylic acids is 1. The molecule has 0 unspecified atom stereocenters. The molecule has 5 N–H and O–H groups in total. The molecule has 0 aliphatic rings. The lowest BCUT2D eigenvalue weighted by Gasteiger charge is -2.14. The highest BCUT2D eigenvalue weighted by Gasteiger charge is 2.10. The number of hydrogen-bond donors (Lipinski definition) is 4. The van der Waals surface area contributed by atoms with Gasteiger partial charge in [-0.2, -0.15) is 0 Å². The van der Waals surface area contributed by atoms with Crippen LogP contribution in [0.3, 0.4) is 0 Å². The van der Waals surface area contributed by atoms with E-state index in [1.54, 1.807) is 30.3 Å². The fourth-order valence-electron chi connectivity index (χ4n) is 2.94. The van der Waals surface area contributed by atoms with Gasteiger partial charge in [0.2, 0.25) is 15.9 Å². The van der Waals surface area contributed by atoms with Crippen LogP contribution >= 0.6 is 0 Å². The highest BCUT2D eigenvalue weighted by atomic mass is 32.2. The number of nitrogens with zero attached hydrogens (tertiary/aromatic N) is 1. The Labute approximate surface area is 183 Å². The smallest absolute Gasteiger partial charge is 0.229 e. The molecule has 0 aliphatic carbocycles. The van der Waals surface area contributed by atoms with E-state index >= 15 is 0 Å². The Bertz CT molecular complexity index is 1210. The van der Waals surface area contributed by atoms with Crippen LogP contribution in [0.2, 0.25) is 0 Å². The van der Waals surface area contributed by atoms with E-state index in [9.17, 15) is 22.0 Å². The molecule has 2 aromatic carbocycles. The van der Waals surface area contributed by atoms with Crippen LogP contribution in [0.1, 0.15) is 11.1 Å². The first-order valence-corrected chi connectivity index (χ1v) is 11.3. The van der Waals surface area contributed by atoms with Crippen molar-refractivity contribution in [3.05, 3.63) is 77.5 Å². The number of aromatic nitrogens is 1. The lowest BCUT2D eigenvalue weighted by molar-refractivity contribution is -0.117. The quantitative estimate of drug-likeness (QED) is 0.388. The predicted octanol–water partition coefficient (Wildman–Crippen LogP) is 3.11. The molecule has 3 rings (SSSR count). The third kappa shape index (κ3) is 6.91. The summed E-state index contributed by atoms with van der Waals surface area (Å²) in [5.41, 5.74) is 7.77. The Morgan fingerprint density at radius 3 is 2.25 bits per heavy atom. The van der Waals surface area contributed by atoms with Crippen molar-refractivity contribution in [2.45, 2.75) is 13.0 Å². The molecule has 168 valence electrons. The maximum absolute atomic E-state index is 13.4. The van der Waals surface area contributed by atoms with Gasteiger partial charge in [-0.15, -0.1) is 0 Å². The van der Waals surface area contributed by atoms with E-state index in [-0.39, 0.29) is 13.0 Å². The molecule has 0 atom stereocenters. The maximum atomic E-state index is 13.4. The fourth-order valence-corrected chi connectivity index (χ4v) is 3.50. The van der Waals surface area contributed by atoms with Crippen LogP contribution in [0.15, 0.2) is 54.7 Å².